The van der Waals surface area contributed by atoms with Gasteiger partial charge in [0.15, 0.2) is 0 Å². The predicted molar refractivity (Wildman–Crippen MR) is 60.6 cm³/mol. The molecule has 0 saturated heterocycles. The fraction of sp³-hybridized carbons (Fsp3) is 0.364. The first kappa shape index (κ1) is 16.2. The molecule has 0 unspecified atom stereocenters. The summed E-state index contributed by atoms with van der Waals surface area (Å²) >= 11 is 0. The molecule has 0 heterocycles. The van der Waals surface area contributed by atoms with Gasteiger partial charge in [0, 0.05) is 6.54 Å². The van der Waals surface area contributed by atoms with Gasteiger partial charge >= 0.3 is 18.0 Å². The van der Waals surface area contributed by atoms with E-state index in [1.165, 1.54) is 23.5 Å². The standard InChI is InChI=1S/C11H11F5N2O2/c12-10(13,11(14,15)16)9(19)18-7-3-1-2-4-8(7)20-6-5-17/h1-4H,5-6,17H2,(H,18,19). The Balaban J connectivity index is 2.91. The Morgan fingerprint density at radius 1 is 1.20 bits per heavy atom. The van der Waals surface area contributed by atoms with Crippen molar-refractivity contribution < 1.29 is 31.5 Å². The van der Waals surface area contributed by atoms with E-state index in [-0.39, 0.29) is 24.6 Å². The molecule has 9 heteroatoms. The van der Waals surface area contributed by atoms with Crippen LogP contribution >= 0.6 is 0 Å². The second-order valence-corrected chi connectivity index (χ2v) is 3.66. The van der Waals surface area contributed by atoms with Gasteiger partial charge in [-0.2, -0.15) is 22.0 Å². The van der Waals surface area contributed by atoms with Crippen LogP contribution in [0.1, 0.15) is 0 Å². The van der Waals surface area contributed by atoms with E-state index in [2.05, 4.69) is 0 Å². The quantitative estimate of drug-likeness (QED) is 0.819. The molecule has 0 atom stereocenters. The molecule has 20 heavy (non-hydrogen) atoms. The van der Waals surface area contributed by atoms with E-state index in [9.17, 15) is 26.7 Å². The SMILES string of the molecule is NCCOc1ccccc1NC(=O)C(F)(F)C(F)(F)F. The molecule has 1 aromatic rings. The van der Waals surface area contributed by atoms with Crippen molar-refractivity contribution in [1.29, 1.82) is 0 Å². The third-order valence-corrected chi connectivity index (χ3v) is 2.15. The normalized spacial score (nSPS) is 12.1. The Morgan fingerprint density at radius 3 is 2.35 bits per heavy atom. The van der Waals surface area contributed by atoms with Crippen LogP contribution in [0.25, 0.3) is 0 Å². The van der Waals surface area contributed by atoms with E-state index < -0.39 is 18.0 Å². The largest absolute Gasteiger partial charge is 0.490 e. The Labute approximate surface area is 110 Å². The molecule has 4 nitrogen and oxygen atoms in total. The predicted octanol–water partition coefficient (Wildman–Crippen LogP) is 2.16. The zero-order valence-corrected chi connectivity index (χ0v) is 10.0. The van der Waals surface area contributed by atoms with Gasteiger partial charge in [0.05, 0.1) is 5.69 Å². The van der Waals surface area contributed by atoms with Crippen LogP contribution in [0.4, 0.5) is 27.6 Å². The van der Waals surface area contributed by atoms with E-state index in [1.807, 2.05) is 0 Å². The zero-order chi connectivity index (χ0) is 15.4. The van der Waals surface area contributed by atoms with Gasteiger partial charge in [0.25, 0.3) is 0 Å². The van der Waals surface area contributed by atoms with Crippen molar-refractivity contribution >= 4 is 11.6 Å². The molecule has 0 aliphatic heterocycles. The molecule has 0 bridgehead atoms. The summed E-state index contributed by atoms with van der Waals surface area (Å²) in [6, 6.07) is 5.24. The van der Waals surface area contributed by atoms with Crippen LogP contribution in [-0.4, -0.2) is 31.2 Å². The maximum absolute atomic E-state index is 12.8. The van der Waals surface area contributed by atoms with Gasteiger partial charge in [-0.15, -0.1) is 0 Å². The first-order valence-electron chi connectivity index (χ1n) is 5.38. The summed E-state index contributed by atoms with van der Waals surface area (Å²) in [6.07, 6.45) is -5.97. The average Bonchev–Trinajstić information content (AvgIpc) is 2.36. The fourth-order valence-corrected chi connectivity index (χ4v) is 1.19. The third-order valence-electron chi connectivity index (χ3n) is 2.15. The molecular formula is C11H11F5N2O2. The number of nitrogens with two attached hydrogens (primary N) is 1. The van der Waals surface area contributed by atoms with Crippen molar-refractivity contribution in [3.8, 4) is 5.75 Å². The smallest absolute Gasteiger partial charge is 0.463 e. The summed E-state index contributed by atoms with van der Waals surface area (Å²) in [6.45, 7) is 0.129. The zero-order valence-electron chi connectivity index (χ0n) is 10.0. The highest BCUT2D eigenvalue weighted by Gasteiger charge is 2.63. The minimum atomic E-state index is -5.97. The molecule has 0 fully saturated rings. The molecule has 0 aromatic heterocycles. The highest BCUT2D eigenvalue weighted by Crippen LogP contribution is 2.37. The van der Waals surface area contributed by atoms with Crippen LogP contribution in [0, 0.1) is 0 Å². The number of carbonyl (C=O) groups is 1. The fourth-order valence-electron chi connectivity index (χ4n) is 1.19. The van der Waals surface area contributed by atoms with E-state index in [4.69, 9.17) is 10.5 Å². The molecule has 0 aliphatic carbocycles. The van der Waals surface area contributed by atoms with Gasteiger partial charge in [-0.1, -0.05) is 12.1 Å². The van der Waals surface area contributed by atoms with Crippen molar-refractivity contribution in [2.24, 2.45) is 5.73 Å². The maximum atomic E-state index is 12.8. The van der Waals surface area contributed by atoms with Crippen molar-refractivity contribution in [3.05, 3.63) is 24.3 Å². The van der Waals surface area contributed by atoms with Gasteiger partial charge < -0.3 is 15.8 Å². The topological polar surface area (TPSA) is 64.3 Å². The average molecular weight is 298 g/mol. The number of carbonyl (C=O) groups excluding carboxylic acids is 1. The van der Waals surface area contributed by atoms with Crippen LogP contribution in [0.2, 0.25) is 0 Å². The number of amides is 1. The van der Waals surface area contributed by atoms with Gasteiger partial charge in [0.2, 0.25) is 0 Å². The molecule has 0 aliphatic rings. The summed E-state index contributed by atoms with van der Waals surface area (Å²) in [5.74, 6) is -8.02. The van der Waals surface area contributed by atoms with Crippen LogP contribution in [0.5, 0.6) is 5.75 Å². The number of hydrogen-bond donors (Lipinski definition) is 2. The van der Waals surface area contributed by atoms with Gasteiger partial charge in [-0.3, -0.25) is 4.79 Å². The highest BCUT2D eigenvalue weighted by molar-refractivity contribution is 5.97. The number of rotatable bonds is 5. The van der Waals surface area contributed by atoms with Crippen molar-refractivity contribution in [2.45, 2.75) is 12.1 Å². The number of alkyl halides is 5. The number of benzene rings is 1. The lowest BCUT2D eigenvalue weighted by Gasteiger charge is -2.19. The van der Waals surface area contributed by atoms with Crippen molar-refractivity contribution in [3.63, 3.8) is 0 Å². The van der Waals surface area contributed by atoms with Gasteiger partial charge in [-0.25, -0.2) is 0 Å². The first-order chi connectivity index (χ1) is 9.20. The summed E-state index contributed by atoms with van der Waals surface area (Å²) in [5.41, 5.74) is 4.88. The molecule has 1 amide bonds. The Hall–Kier alpha value is -1.90. The number of nitrogens with one attached hydrogen (secondary N) is 1. The third kappa shape index (κ3) is 3.56. The van der Waals surface area contributed by atoms with Crippen LogP contribution < -0.4 is 15.8 Å². The Morgan fingerprint density at radius 2 is 1.80 bits per heavy atom. The van der Waals surface area contributed by atoms with E-state index in [0.29, 0.717) is 0 Å². The lowest BCUT2D eigenvalue weighted by atomic mass is 10.2. The van der Waals surface area contributed by atoms with Gasteiger partial charge in [-0.05, 0) is 12.1 Å². The van der Waals surface area contributed by atoms with Gasteiger partial charge in [0.1, 0.15) is 12.4 Å². The number of anilines is 1. The van der Waals surface area contributed by atoms with Crippen molar-refractivity contribution in [2.75, 3.05) is 18.5 Å². The van der Waals surface area contributed by atoms with E-state index in [1.54, 1.807) is 0 Å². The summed E-state index contributed by atoms with van der Waals surface area (Å²) in [5, 5.41) is 1.49. The monoisotopic (exact) mass is 298 g/mol. The highest BCUT2D eigenvalue weighted by atomic mass is 19.4. The number of halogens is 5. The van der Waals surface area contributed by atoms with Crippen LogP contribution in [0.3, 0.4) is 0 Å². The Kier molecular flexibility index (Phi) is 4.88. The number of ether oxygens (including phenoxy) is 1. The summed E-state index contributed by atoms with van der Waals surface area (Å²) < 4.78 is 66.7. The summed E-state index contributed by atoms with van der Waals surface area (Å²) in [7, 11) is 0. The van der Waals surface area contributed by atoms with Crippen LogP contribution in [-0.2, 0) is 4.79 Å². The summed E-state index contributed by atoms with van der Waals surface area (Å²) in [4.78, 5) is 11.0. The molecule has 1 aromatic carbocycles. The molecule has 3 N–H and O–H groups in total. The minimum Gasteiger partial charge on any atom is -0.490 e. The molecule has 0 spiro atoms. The lowest BCUT2D eigenvalue weighted by Crippen LogP contribution is -2.47. The lowest BCUT2D eigenvalue weighted by molar-refractivity contribution is -0.267. The minimum absolute atomic E-state index is 0.0164. The van der Waals surface area contributed by atoms with Crippen molar-refractivity contribution in [1.82, 2.24) is 0 Å². The number of para-hydroxylation sites is 2. The maximum Gasteiger partial charge on any atom is 0.463 e. The molecule has 1 rings (SSSR count). The first-order valence-corrected chi connectivity index (χ1v) is 5.38. The van der Waals surface area contributed by atoms with E-state index in [0.717, 1.165) is 6.07 Å². The van der Waals surface area contributed by atoms with E-state index >= 15 is 0 Å². The molecule has 0 saturated carbocycles. The van der Waals surface area contributed by atoms with Crippen LogP contribution in [0.15, 0.2) is 24.3 Å². The second kappa shape index (κ2) is 6.04. The molecule has 112 valence electrons. The molecular weight excluding hydrogens is 287 g/mol. The molecule has 0 radical (unpaired) electrons. The number of hydrogen-bond acceptors (Lipinski definition) is 3. The second-order valence-electron chi connectivity index (χ2n) is 3.66. The Bertz CT molecular complexity index is 476.